The molecule has 0 aliphatic rings. The first-order chi connectivity index (χ1) is 10.3. The third kappa shape index (κ3) is 4.36. The quantitative estimate of drug-likeness (QED) is 0.814. The molecule has 1 N–H and O–H groups in total. The highest BCUT2D eigenvalue weighted by atomic mass is 35.5. The Balaban J connectivity index is 2.01. The van der Waals surface area contributed by atoms with Crippen LogP contribution in [0.4, 0.5) is 0 Å². The van der Waals surface area contributed by atoms with Crippen molar-refractivity contribution < 1.29 is 0 Å². The van der Waals surface area contributed by atoms with Crippen LogP contribution in [0.2, 0.25) is 10.0 Å². The fraction of sp³-hybridized carbons (Fsp3) is 0.333. The van der Waals surface area contributed by atoms with Crippen LogP contribution in [0.1, 0.15) is 30.5 Å². The van der Waals surface area contributed by atoms with Crippen molar-refractivity contribution in [2.24, 2.45) is 0 Å². The molecule has 118 valence electrons. The number of aryl methyl sites for hydroxylation is 1. The molecule has 2 aromatic rings. The van der Waals surface area contributed by atoms with E-state index in [1.54, 1.807) is 0 Å². The molecule has 22 heavy (non-hydrogen) atoms. The highest BCUT2D eigenvalue weighted by Gasteiger charge is 2.21. The first-order valence-corrected chi connectivity index (χ1v) is 9.32. The van der Waals surface area contributed by atoms with Crippen LogP contribution in [0, 0.1) is 6.92 Å². The standard InChI is InChI=1S/C18H23Cl2NSi/c1-12-10-14(22)5-6-15(12)18(2,3)21-9-8-13-4-7-16(19)17(20)11-13/h4-7,10-11,21H,8-9H2,1-3,22H3. The Hall–Kier alpha value is -0.803. The van der Waals surface area contributed by atoms with E-state index in [9.17, 15) is 0 Å². The lowest BCUT2D eigenvalue weighted by molar-refractivity contribution is 0.405. The number of hydrogen-bond donors (Lipinski definition) is 1. The van der Waals surface area contributed by atoms with Crippen LogP contribution in [0.5, 0.6) is 0 Å². The van der Waals surface area contributed by atoms with Crippen molar-refractivity contribution in [1.29, 1.82) is 0 Å². The van der Waals surface area contributed by atoms with Gasteiger partial charge in [0.1, 0.15) is 0 Å². The molecular weight excluding hydrogens is 329 g/mol. The molecule has 0 spiro atoms. The minimum absolute atomic E-state index is 0.0461. The van der Waals surface area contributed by atoms with Gasteiger partial charge in [-0.05, 0) is 62.6 Å². The molecule has 0 atom stereocenters. The zero-order valence-electron chi connectivity index (χ0n) is 13.6. The Kier molecular flexibility index (Phi) is 5.73. The number of hydrogen-bond acceptors (Lipinski definition) is 1. The molecule has 2 rings (SSSR count). The predicted molar refractivity (Wildman–Crippen MR) is 102 cm³/mol. The molecule has 0 saturated carbocycles. The van der Waals surface area contributed by atoms with E-state index < -0.39 is 0 Å². The molecule has 0 saturated heterocycles. The van der Waals surface area contributed by atoms with Gasteiger partial charge in [0.2, 0.25) is 0 Å². The first-order valence-electron chi connectivity index (χ1n) is 7.56. The summed E-state index contributed by atoms with van der Waals surface area (Å²) in [6, 6.07) is 12.6. The smallest absolute Gasteiger partial charge is 0.0595 e. The highest BCUT2D eigenvalue weighted by molar-refractivity contribution is 6.42. The van der Waals surface area contributed by atoms with Crippen molar-refractivity contribution in [2.75, 3.05) is 6.54 Å². The summed E-state index contributed by atoms with van der Waals surface area (Å²) in [6.45, 7) is 7.56. The third-order valence-corrected chi connectivity index (χ3v) is 5.38. The van der Waals surface area contributed by atoms with E-state index >= 15 is 0 Å². The molecule has 0 unspecified atom stereocenters. The van der Waals surface area contributed by atoms with E-state index in [1.165, 1.54) is 21.9 Å². The molecule has 0 heterocycles. The molecule has 0 amide bonds. The van der Waals surface area contributed by atoms with Gasteiger partial charge in [-0.25, -0.2) is 0 Å². The van der Waals surface area contributed by atoms with Crippen LogP contribution < -0.4 is 10.5 Å². The Morgan fingerprint density at radius 1 is 1.05 bits per heavy atom. The molecular formula is C18H23Cl2NSi. The maximum absolute atomic E-state index is 6.07. The molecule has 0 fully saturated rings. The van der Waals surface area contributed by atoms with Crippen LogP contribution in [0.3, 0.4) is 0 Å². The molecule has 0 aliphatic carbocycles. The van der Waals surface area contributed by atoms with Crippen LogP contribution in [-0.4, -0.2) is 16.8 Å². The average molecular weight is 352 g/mol. The summed E-state index contributed by atoms with van der Waals surface area (Å²) >= 11 is 12.0. The second-order valence-corrected chi connectivity index (χ2v) is 8.34. The van der Waals surface area contributed by atoms with Gasteiger partial charge in [0.25, 0.3) is 0 Å². The van der Waals surface area contributed by atoms with E-state index in [2.05, 4.69) is 44.3 Å². The predicted octanol–water partition coefficient (Wildman–Crippen LogP) is 3.36. The Labute approximate surface area is 146 Å². The van der Waals surface area contributed by atoms with Gasteiger partial charge in [0.15, 0.2) is 0 Å². The van der Waals surface area contributed by atoms with Crippen molar-refractivity contribution in [3.05, 3.63) is 63.1 Å². The van der Waals surface area contributed by atoms with E-state index in [-0.39, 0.29) is 5.54 Å². The third-order valence-electron chi connectivity index (χ3n) is 4.02. The summed E-state index contributed by atoms with van der Waals surface area (Å²) in [4.78, 5) is 0. The Morgan fingerprint density at radius 3 is 2.41 bits per heavy atom. The lowest BCUT2D eigenvalue weighted by Gasteiger charge is -2.29. The van der Waals surface area contributed by atoms with Crippen molar-refractivity contribution in [1.82, 2.24) is 5.32 Å². The fourth-order valence-electron chi connectivity index (χ4n) is 2.82. The largest absolute Gasteiger partial charge is 0.307 e. The highest BCUT2D eigenvalue weighted by Crippen LogP contribution is 2.24. The molecule has 0 aromatic heterocycles. The number of benzene rings is 2. The minimum Gasteiger partial charge on any atom is -0.307 e. The maximum Gasteiger partial charge on any atom is 0.0595 e. The lowest BCUT2D eigenvalue weighted by atomic mass is 9.90. The number of rotatable bonds is 5. The van der Waals surface area contributed by atoms with Crippen LogP contribution in [-0.2, 0) is 12.0 Å². The molecule has 0 radical (unpaired) electrons. The minimum atomic E-state index is -0.0461. The zero-order chi connectivity index (χ0) is 16.3. The molecule has 0 bridgehead atoms. The van der Waals surface area contributed by atoms with Gasteiger partial charge < -0.3 is 5.32 Å². The van der Waals surface area contributed by atoms with Gasteiger partial charge in [-0.2, -0.15) is 0 Å². The van der Waals surface area contributed by atoms with E-state index in [4.69, 9.17) is 23.2 Å². The fourth-order valence-corrected chi connectivity index (χ4v) is 3.74. The monoisotopic (exact) mass is 351 g/mol. The zero-order valence-corrected chi connectivity index (χ0v) is 17.1. The summed E-state index contributed by atoms with van der Waals surface area (Å²) in [5.41, 5.74) is 3.88. The van der Waals surface area contributed by atoms with Crippen molar-refractivity contribution in [3.63, 3.8) is 0 Å². The second kappa shape index (κ2) is 7.18. The number of nitrogens with one attached hydrogen (secondary N) is 1. The van der Waals surface area contributed by atoms with E-state index in [0.717, 1.165) is 23.2 Å². The summed E-state index contributed by atoms with van der Waals surface area (Å²) < 4.78 is 0. The van der Waals surface area contributed by atoms with Gasteiger partial charge >= 0.3 is 0 Å². The molecule has 0 aliphatic heterocycles. The van der Waals surface area contributed by atoms with Crippen molar-refractivity contribution in [2.45, 2.75) is 32.7 Å². The lowest BCUT2D eigenvalue weighted by Crippen LogP contribution is -2.38. The van der Waals surface area contributed by atoms with Gasteiger partial charge in [-0.1, -0.05) is 52.7 Å². The van der Waals surface area contributed by atoms with Gasteiger partial charge in [-0.3, -0.25) is 0 Å². The van der Waals surface area contributed by atoms with E-state index in [0.29, 0.717) is 10.0 Å². The molecule has 1 nitrogen and oxygen atoms in total. The Bertz CT molecular complexity index is 668. The van der Waals surface area contributed by atoms with Gasteiger partial charge in [0, 0.05) is 15.8 Å². The summed E-state index contributed by atoms with van der Waals surface area (Å²) in [5, 5.41) is 6.32. The van der Waals surface area contributed by atoms with Crippen molar-refractivity contribution in [3.8, 4) is 0 Å². The SMILES string of the molecule is Cc1cc([SiH3])ccc1C(C)(C)NCCc1ccc(Cl)c(Cl)c1. The Morgan fingerprint density at radius 2 is 1.77 bits per heavy atom. The summed E-state index contributed by atoms with van der Waals surface area (Å²) in [6.07, 6.45) is 0.929. The van der Waals surface area contributed by atoms with Crippen LogP contribution >= 0.6 is 23.2 Å². The van der Waals surface area contributed by atoms with Crippen LogP contribution in [0.15, 0.2) is 36.4 Å². The van der Waals surface area contributed by atoms with Gasteiger partial charge in [0.05, 0.1) is 10.0 Å². The number of halogens is 2. The first kappa shape index (κ1) is 17.5. The van der Waals surface area contributed by atoms with Crippen molar-refractivity contribution >= 4 is 38.6 Å². The summed E-state index contributed by atoms with van der Waals surface area (Å²) in [5.74, 6) is 0. The topological polar surface area (TPSA) is 12.0 Å². The van der Waals surface area contributed by atoms with Gasteiger partial charge in [-0.15, -0.1) is 0 Å². The van der Waals surface area contributed by atoms with E-state index in [1.807, 2.05) is 18.2 Å². The normalized spacial score (nSPS) is 11.9. The maximum atomic E-state index is 6.07. The van der Waals surface area contributed by atoms with Crippen LogP contribution in [0.25, 0.3) is 0 Å². The summed E-state index contributed by atoms with van der Waals surface area (Å²) in [7, 11) is 1.10. The second-order valence-electron chi connectivity index (χ2n) is 6.37. The molecule has 2 aromatic carbocycles. The average Bonchev–Trinajstić information content (AvgIpc) is 2.42. The molecule has 4 heteroatoms.